The van der Waals surface area contributed by atoms with Crippen LogP contribution in [0, 0.1) is 6.92 Å². The Morgan fingerprint density at radius 2 is 1.83 bits per heavy atom. The Balaban J connectivity index is 1.87. The van der Waals surface area contributed by atoms with Gasteiger partial charge in [0, 0.05) is 6.54 Å². The molecule has 0 aliphatic carbocycles. The molecule has 24 heavy (non-hydrogen) atoms. The largest absolute Gasteiger partial charge is 0.345 e. The molecule has 1 aliphatic rings. The van der Waals surface area contributed by atoms with Crippen molar-refractivity contribution in [1.29, 1.82) is 0 Å². The third-order valence-corrected chi connectivity index (χ3v) is 6.22. The Hall–Kier alpha value is -2.23. The lowest BCUT2D eigenvalue weighted by molar-refractivity contribution is 0.581. The molecule has 0 atom stereocenters. The quantitative estimate of drug-likeness (QED) is 0.857. The standard InChI is InChI=1S/C15H15N3O4S2/c1-11-2-4-12(5-3-11)9-17-23(19,20)13-6-7-14-15(8-13)24(21,22)18-10-16-14/h2-8,10,17H,9H2,1H3,(H,16,18). The molecular formula is C15H15N3O4S2. The van der Waals surface area contributed by atoms with Crippen molar-refractivity contribution < 1.29 is 16.8 Å². The summed E-state index contributed by atoms with van der Waals surface area (Å²) >= 11 is 0. The molecule has 0 spiro atoms. The van der Waals surface area contributed by atoms with E-state index in [2.05, 4.69) is 14.4 Å². The number of aryl methyl sites for hydroxylation is 1. The van der Waals surface area contributed by atoms with E-state index in [1.165, 1.54) is 12.1 Å². The highest BCUT2D eigenvalue weighted by Gasteiger charge is 2.24. The molecule has 126 valence electrons. The molecule has 7 nitrogen and oxygen atoms in total. The first kappa shape index (κ1) is 16.6. The predicted octanol–water partition coefficient (Wildman–Crippen LogP) is 1.62. The zero-order valence-corrected chi connectivity index (χ0v) is 14.4. The van der Waals surface area contributed by atoms with Gasteiger partial charge in [0.25, 0.3) is 10.0 Å². The van der Waals surface area contributed by atoms with Crippen LogP contribution in [0.25, 0.3) is 0 Å². The average Bonchev–Trinajstić information content (AvgIpc) is 2.54. The third kappa shape index (κ3) is 3.32. The number of hydrogen-bond acceptors (Lipinski definition) is 5. The lowest BCUT2D eigenvalue weighted by atomic mass is 10.2. The van der Waals surface area contributed by atoms with Gasteiger partial charge in [-0.2, -0.15) is 8.42 Å². The molecular weight excluding hydrogens is 350 g/mol. The Kier molecular flexibility index (Phi) is 4.16. The number of benzene rings is 2. The van der Waals surface area contributed by atoms with Crippen molar-refractivity contribution >= 4 is 32.1 Å². The fourth-order valence-corrected chi connectivity index (χ4v) is 4.30. The molecule has 2 aromatic carbocycles. The summed E-state index contributed by atoms with van der Waals surface area (Å²) in [5.41, 5.74) is 2.18. The van der Waals surface area contributed by atoms with Gasteiger partial charge in [0.1, 0.15) is 11.2 Å². The van der Waals surface area contributed by atoms with E-state index in [1.807, 2.05) is 31.2 Å². The van der Waals surface area contributed by atoms with E-state index in [0.29, 0.717) is 5.69 Å². The van der Waals surface area contributed by atoms with Crippen LogP contribution in [0.4, 0.5) is 5.69 Å². The molecule has 1 heterocycles. The topological polar surface area (TPSA) is 105 Å². The summed E-state index contributed by atoms with van der Waals surface area (Å²) in [7, 11) is -7.73. The lowest BCUT2D eigenvalue weighted by Crippen LogP contribution is -2.24. The van der Waals surface area contributed by atoms with Gasteiger partial charge in [-0.05, 0) is 30.7 Å². The Bertz CT molecular complexity index is 1010. The van der Waals surface area contributed by atoms with Crippen molar-refractivity contribution in [1.82, 2.24) is 4.72 Å². The van der Waals surface area contributed by atoms with Crippen LogP contribution >= 0.6 is 0 Å². The van der Waals surface area contributed by atoms with Crippen molar-refractivity contribution in [3.05, 3.63) is 53.6 Å². The fourth-order valence-electron chi connectivity index (χ4n) is 2.19. The summed E-state index contributed by atoms with van der Waals surface area (Å²) < 4.78 is 54.4. The summed E-state index contributed by atoms with van der Waals surface area (Å²) in [6.07, 6.45) is 1.06. The van der Waals surface area contributed by atoms with Gasteiger partial charge in [-0.3, -0.25) is 0 Å². The van der Waals surface area contributed by atoms with Gasteiger partial charge in [-0.15, -0.1) is 4.40 Å². The van der Waals surface area contributed by atoms with E-state index >= 15 is 0 Å². The van der Waals surface area contributed by atoms with Gasteiger partial charge in [0.2, 0.25) is 10.0 Å². The van der Waals surface area contributed by atoms with E-state index in [-0.39, 0.29) is 16.3 Å². The number of nitrogens with zero attached hydrogens (tertiary/aromatic N) is 1. The first-order valence-corrected chi connectivity index (χ1v) is 9.95. The maximum atomic E-state index is 12.4. The van der Waals surface area contributed by atoms with Gasteiger partial charge in [0.05, 0.1) is 10.6 Å². The molecule has 0 unspecified atom stereocenters. The SMILES string of the molecule is Cc1ccc(CNS(=O)(=O)c2ccc3c(c2)S(=O)(=O)N=CN3)cc1. The second-order valence-corrected chi connectivity index (χ2v) is 8.69. The number of hydrogen-bond donors (Lipinski definition) is 2. The van der Waals surface area contributed by atoms with Gasteiger partial charge in [-0.25, -0.2) is 13.1 Å². The van der Waals surface area contributed by atoms with Crippen LogP contribution in [0.2, 0.25) is 0 Å². The highest BCUT2D eigenvalue weighted by atomic mass is 32.2. The first-order chi connectivity index (χ1) is 11.3. The minimum absolute atomic E-state index is 0.114. The Morgan fingerprint density at radius 3 is 2.54 bits per heavy atom. The third-order valence-electron chi connectivity index (χ3n) is 3.54. The molecule has 3 rings (SSSR count). The van der Waals surface area contributed by atoms with Crippen molar-refractivity contribution in [3.8, 4) is 0 Å². The number of nitrogens with one attached hydrogen (secondary N) is 2. The van der Waals surface area contributed by atoms with E-state index in [0.717, 1.165) is 23.5 Å². The fraction of sp³-hybridized carbons (Fsp3) is 0.133. The summed E-state index contributed by atoms with van der Waals surface area (Å²) in [6.45, 7) is 2.06. The molecule has 0 radical (unpaired) electrons. The van der Waals surface area contributed by atoms with Crippen LogP contribution in [0.15, 0.2) is 56.7 Å². The zero-order valence-electron chi connectivity index (χ0n) is 12.7. The average molecular weight is 365 g/mol. The van der Waals surface area contributed by atoms with Crippen molar-refractivity contribution in [2.24, 2.45) is 4.40 Å². The normalized spacial score (nSPS) is 15.5. The predicted molar refractivity (Wildman–Crippen MR) is 90.9 cm³/mol. The molecule has 9 heteroatoms. The van der Waals surface area contributed by atoms with Crippen molar-refractivity contribution in [3.63, 3.8) is 0 Å². The molecule has 2 aromatic rings. The van der Waals surface area contributed by atoms with Crippen molar-refractivity contribution in [2.45, 2.75) is 23.3 Å². The summed E-state index contributed by atoms with van der Waals surface area (Å²) in [5, 5.41) is 2.67. The maximum Gasteiger partial charge on any atom is 0.285 e. The van der Waals surface area contributed by atoms with E-state index < -0.39 is 20.0 Å². The molecule has 0 aromatic heterocycles. The number of anilines is 1. The van der Waals surface area contributed by atoms with Crippen LogP contribution in [0.3, 0.4) is 0 Å². The summed E-state index contributed by atoms with van der Waals surface area (Å²) in [4.78, 5) is -0.293. The number of rotatable bonds is 4. The Labute approximate surface area is 140 Å². The molecule has 1 aliphatic heterocycles. The van der Waals surface area contributed by atoms with Crippen LogP contribution in [-0.4, -0.2) is 23.2 Å². The second kappa shape index (κ2) is 6.00. The van der Waals surface area contributed by atoms with Gasteiger partial charge < -0.3 is 5.32 Å². The van der Waals surface area contributed by atoms with E-state index in [9.17, 15) is 16.8 Å². The number of sulfonamides is 2. The molecule has 0 saturated carbocycles. The minimum atomic E-state index is -3.88. The van der Waals surface area contributed by atoms with Gasteiger partial charge in [-0.1, -0.05) is 29.8 Å². The van der Waals surface area contributed by atoms with Crippen LogP contribution in [0.5, 0.6) is 0 Å². The number of fused-ring (bicyclic) bond motifs is 1. The molecule has 0 amide bonds. The molecule has 0 bridgehead atoms. The summed E-state index contributed by atoms with van der Waals surface area (Å²) in [5.74, 6) is 0. The van der Waals surface area contributed by atoms with Crippen LogP contribution in [-0.2, 0) is 26.6 Å². The van der Waals surface area contributed by atoms with Gasteiger partial charge >= 0.3 is 0 Å². The monoisotopic (exact) mass is 365 g/mol. The maximum absolute atomic E-state index is 12.4. The lowest BCUT2D eigenvalue weighted by Gasteiger charge is -2.14. The van der Waals surface area contributed by atoms with Crippen LogP contribution in [0.1, 0.15) is 11.1 Å². The Morgan fingerprint density at radius 1 is 1.12 bits per heavy atom. The molecule has 0 saturated heterocycles. The highest BCUT2D eigenvalue weighted by molar-refractivity contribution is 7.91. The second-order valence-electron chi connectivity index (χ2n) is 5.32. The smallest absolute Gasteiger partial charge is 0.285 e. The molecule has 0 fully saturated rings. The van der Waals surface area contributed by atoms with E-state index in [4.69, 9.17) is 0 Å². The van der Waals surface area contributed by atoms with Gasteiger partial charge in [0.15, 0.2) is 0 Å². The zero-order chi connectivity index (χ0) is 17.4. The molecule has 2 N–H and O–H groups in total. The van der Waals surface area contributed by atoms with Crippen molar-refractivity contribution in [2.75, 3.05) is 5.32 Å². The first-order valence-electron chi connectivity index (χ1n) is 7.02. The van der Waals surface area contributed by atoms with E-state index in [1.54, 1.807) is 0 Å². The van der Waals surface area contributed by atoms with Crippen LogP contribution < -0.4 is 10.0 Å². The minimum Gasteiger partial charge on any atom is -0.345 e. The summed E-state index contributed by atoms with van der Waals surface area (Å²) in [6, 6.07) is 11.3. The highest BCUT2D eigenvalue weighted by Crippen LogP contribution is 2.28.